The molecule has 0 saturated carbocycles. The van der Waals surface area contributed by atoms with Gasteiger partial charge in [0, 0.05) is 21.2 Å². The summed E-state index contributed by atoms with van der Waals surface area (Å²) in [5.41, 5.74) is 0.800. The monoisotopic (exact) mass is 473 g/mol. The van der Waals surface area contributed by atoms with E-state index in [4.69, 9.17) is 27.9 Å². The highest BCUT2D eigenvalue weighted by Gasteiger charge is 2.47. The number of benzene rings is 2. The number of halogens is 2. The molecule has 2 aromatic carbocycles. The molecule has 1 saturated heterocycles. The van der Waals surface area contributed by atoms with Gasteiger partial charge in [0.25, 0.3) is 11.7 Å². The molecule has 1 aliphatic rings. The Labute approximate surface area is 193 Å². The number of thiophene rings is 1. The Bertz CT molecular complexity index is 1190. The van der Waals surface area contributed by atoms with Crippen molar-refractivity contribution in [3.8, 4) is 5.75 Å². The highest BCUT2D eigenvalue weighted by atomic mass is 35.5. The van der Waals surface area contributed by atoms with Crippen molar-refractivity contribution in [3.63, 3.8) is 0 Å². The van der Waals surface area contributed by atoms with Crippen LogP contribution < -0.4 is 9.64 Å². The number of hydrogen-bond acceptors (Lipinski definition) is 5. The fourth-order valence-corrected chi connectivity index (χ4v) is 4.69. The number of aliphatic hydroxyl groups excluding tert-OH is 1. The van der Waals surface area contributed by atoms with E-state index in [2.05, 4.69) is 0 Å². The molecule has 0 radical (unpaired) electrons. The van der Waals surface area contributed by atoms with Crippen LogP contribution in [0.1, 0.15) is 23.4 Å². The van der Waals surface area contributed by atoms with Crippen molar-refractivity contribution >= 4 is 57.7 Å². The quantitative estimate of drug-likeness (QED) is 0.277. The number of rotatable bonds is 5. The molecule has 1 amide bonds. The first-order chi connectivity index (χ1) is 14.9. The van der Waals surface area contributed by atoms with Crippen molar-refractivity contribution in [2.75, 3.05) is 11.5 Å². The predicted octanol–water partition coefficient (Wildman–Crippen LogP) is 6.08. The number of anilines is 1. The van der Waals surface area contributed by atoms with Gasteiger partial charge in [-0.2, -0.15) is 0 Å². The second kappa shape index (κ2) is 8.75. The molecule has 3 aromatic rings. The van der Waals surface area contributed by atoms with E-state index in [0.717, 1.165) is 4.88 Å². The fraction of sp³-hybridized carbons (Fsp3) is 0.130. The number of aliphatic hydroxyl groups is 1. The molecule has 0 aliphatic carbocycles. The lowest BCUT2D eigenvalue weighted by atomic mass is 9.99. The van der Waals surface area contributed by atoms with Crippen LogP contribution in [-0.2, 0) is 9.59 Å². The summed E-state index contributed by atoms with van der Waals surface area (Å²) in [6, 6.07) is 14.3. The van der Waals surface area contributed by atoms with E-state index in [1.54, 1.807) is 42.5 Å². The summed E-state index contributed by atoms with van der Waals surface area (Å²) in [6.45, 7) is 2.20. The highest BCUT2D eigenvalue weighted by molar-refractivity contribution is 7.10. The van der Waals surface area contributed by atoms with E-state index in [1.807, 2.05) is 24.4 Å². The zero-order valence-electron chi connectivity index (χ0n) is 16.3. The van der Waals surface area contributed by atoms with Crippen LogP contribution in [0.5, 0.6) is 5.75 Å². The molecule has 0 spiro atoms. The van der Waals surface area contributed by atoms with Crippen molar-refractivity contribution in [1.82, 2.24) is 0 Å². The first kappa shape index (κ1) is 21.4. The maximum absolute atomic E-state index is 13.1. The predicted molar refractivity (Wildman–Crippen MR) is 123 cm³/mol. The van der Waals surface area contributed by atoms with Gasteiger partial charge in [-0.1, -0.05) is 35.3 Å². The van der Waals surface area contributed by atoms with Crippen LogP contribution in [-0.4, -0.2) is 23.4 Å². The summed E-state index contributed by atoms with van der Waals surface area (Å²) >= 11 is 13.7. The molecule has 1 atom stereocenters. The van der Waals surface area contributed by atoms with Crippen molar-refractivity contribution in [1.29, 1.82) is 0 Å². The molecule has 5 nitrogen and oxygen atoms in total. The maximum atomic E-state index is 13.1. The Kier molecular flexibility index (Phi) is 6.05. The summed E-state index contributed by atoms with van der Waals surface area (Å²) in [6.07, 6.45) is 0. The molecular formula is C23H17Cl2NO4S. The molecule has 1 aliphatic heterocycles. The molecule has 1 aromatic heterocycles. The molecule has 1 N–H and O–H groups in total. The van der Waals surface area contributed by atoms with E-state index in [-0.39, 0.29) is 11.3 Å². The standard InChI is InChI=1S/C23H17Cl2NO4S/c1-2-30-17-11-13(8-9-16(17)25)21(27)19-20(18-7-4-10-31-18)26(23(29)22(19)28)15-6-3-5-14(24)12-15/h3-12,20,27H,2H2,1H3/b21-19-. The van der Waals surface area contributed by atoms with Crippen molar-refractivity contribution in [3.05, 3.63) is 86.0 Å². The third kappa shape index (κ3) is 3.94. The molecule has 31 heavy (non-hydrogen) atoms. The summed E-state index contributed by atoms with van der Waals surface area (Å²) < 4.78 is 5.50. The second-order valence-electron chi connectivity index (χ2n) is 6.74. The zero-order valence-corrected chi connectivity index (χ0v) is 18.7. The lowest BCUT2D eigenvalue weighted by molar-refractivity contribution is -0.132. The molecule has 1 unspecified atom stereocenters. The normalized spacial score (nSPS) is 17.9. The Balaban J connectivity index is 1.91. The third-order valence-corrected chi connectivity index (χ3v) is 6.32. The van der Waals surface area contributed by atoms with Gasteiger partial charge in [0.2, 0.25) is 0 Å². The minimum atomic E-state index is -0.787. The van der Waals surface area contributed by atoms with Crippen molar-refractivity contribution in [2.24, 2.45) is 0 Å². The van der Waals surface area contributed by atoms with Gasteiger partial charge in [-0.15, -0.1) is 11.3 Å². The van der Waals surface area contributed by atoms with Crippen molar-refractivity contribution < 1.29 is 19.4 Å². The van der Waals surface area contributed by atoms with E-state index >= 15 is 0 Å². The summed E-state index contributed by atoms with van der Waals surface area (Å²) in [5, 5.41) is 13.8. The number of carbonyl (C=O) groups excluding carboxylic acids is 2. The van der Waals surface area contributed by atoms with E-state index in [0.29, 0.717) is 33.7 Å². The Morgan fingerprint density at radius 2 is 1.94 bits per heavy atom. The van der Waals surface area contributed by atoms with Crippen LogP contribution in [0.4, 0.5) is 5.69 Å². The summed E-state index contributed by atoms with van der Waals surface area (Å²) in [4.78, 5) is 28.2. The summed E-state index contributed by atoms with van der Waals surface area (Å²) in [5.74, 6) is -1.42. The third-order valence-electron chi connectivity index (χ3n) is 4.85. The van der Waals surface area contributed by atoms with E-state index in [1.165, 1.54) is 16.2 Å². The Morgan fingerprint density at radius 3 is 2.61 bits per heavy atom. The minimum absolute atomic E-state index is 0.00260. The van der Waals surface area contributed by atoms with Crippen LogP contribution in [0.3, 0.4) is 0 Å². The maximum Gasteiger partial charge on any atom is 0.300 e. The van der Waals surface area contributed by atoms with Crippen LogP contribution in [0.25, 0.3) is 5.76 Å². The largest absolute Gasteiger partial charge is 0.507 e. The van der Waals surface area contributed by atoms with E-state index < -0.39 is 17.7 Å². The molecule has 2 heterocycles. The SMILES string of the molecule is CCOc1cc(/C(O)=C2/C(=O)C(=O)N(c3cccc(Cl)c3)C2c2cccs2)ccc1Cl. The van der Waals surface area contributed by atoms with Gasteiger partial charge in [-0.05, 0) is 54.8 Å². The van der Waals surface area contributed by atoms with Gasteiger partial charge < -0.3 is 9.84 Å². The average Bonchev–Trinajstić information content (AvgIpc) is 3.36. The summed E-state index contributed by atoms with van der Waals surface area (Å²) in [7, 11) is 0. The number of hydrogen-bond donors (Lipinski definition) is 1. The lowest BCUT2D eigenvalue weighted by Gasteiger charge is -2.24. The highest BCUT2D eigenvalue weighted by Crippen LogP contribution is 2.44. The number of ketones is 1. The van der Waals surface area contributed by atoms with Crippen molar-refractivity contribution in [2.45, 2.75) is 13.0 Å². The molecule has 8 heteroatoms. The smallest absolute Gasteiger partial charge is 0.300 e. The number of ether oxygens (including phenoxy) is 1. The van der Waals surface area contributed by atoms with Gasteiger partial charge in [-0.3, -0.25) is 14.5 Å². The first-order valence-corrected chi connectivity index (χ1v) is 11.1. The molecule has 4 rings (SSSR count). The van der Waals surface area contributed by atoms with Crippen LogP contribution >= 0.6 is 34.5 Å². The molecule has 0 bridgehead atoms. The minimum Gasteiger partial charge on any atom is -0.507 e. The van der Waals surface area contributed by atoms with Crippen LogP contribution in [0.2, 0.25) is 10.0 Å². The van der Waals surface area contributed by atoms with Gasteiger partial charge in [0.05, 0.1) is 17.2 Å². The topological polar surface area (TPSA) is 66.8 Å². The fourth-order valence-electron chi connectivity index (χ4n) is 3.51. The average molecular weight is 474 g/mol. The number of Topliss-reactive ketones (excluding diaryl/α,β-unsaturated/α-hetero) is 1. The van der Waals surface area contributed by atoms with Gasteiger partial charge in [0.15, 0.2) is 0 Å². The van der Waals surface area contributed by atoms with Gasteiger partial charge in [0.1, 0.15) is 17.6 Å². The number of amides is 1. The Morgan fingerprint density at radius 1 is 1.13 bits per heavy atom. The van der Waals surface area contributed by atoms with Gasteiger partial charge in [-0.25, -0.2) is 0 Å². The van der Waals surface area contributed by atoms with Gasteiger partial charge >= 0.3 is 0 Å². The first-order valence-electron chi connectivity index (χ1n) is 9.45. The van der Waals surface area contributed by atoms with Crippen LogP contribution in [0.15, 0.2) is 65.6 Å². The van der Waals surface area contributed by atoms with Crippen LogP contribution in [0, 0.1) is 0 Å². The second-order valence-corrected chi connectivity index (χ2v) is 8.57. The Hall–Kier alpha value is -2.80. The molecule has 158 valence electrons. The molecule has 1 fully saturated rings. The molecular weight excluding hydrogens is 457 g/mol. The lowest BCUT2D eigenvalue weighted by Crippen LogP contribution is -2.29. The number of carbonyl (C=O) groups is 2. The number of nitrogens with zero attached hydrogens (tertiary/aromatic N) is 1. The zero-order chi connectivity index (χ0) is 22.1. The van der Waals surface area contributed by atoms with E-state index in [9.17, 15) is 14.7 Å².